The number of carbonyl (C=O) groups is 2. The molecule has 25 heavy (non-hydrogen) atoms. The van der Waals surface area contributed by atoms with Crippen LogP contribution in [0.4, 0.5) is 5.69 Å². The van der Waals surface area contributed by atoms with Crippen molar-refractivity contribution in [1.29, 1.82) is 0 Å². The van der Waals surface area contributed by atoms with E-state index in [4.69, 9.17) is 4.74 Å². The molecule has 7 heteroatoms. The summed E-state index contributed by atoms with van der Waals surface area (Å²) in [6.45, 7) is 3.21. The molecule has 2 N–H and O–H groups in total. The summed E-state index contributed by atoms with van der Waals surface area (Å²) in [6.07, 6.45) is 8.08. The normalized spacial score (nSPS) is 20.2. The van der Waals surface area contributed by atoms with Crippen molar-refractivity contribution in [2.45, 2.75) is 37.6 Å². The minimum Gasteiger partial charge on any atom is -0.379 e. The van der Waals surface area contributed by atoms with Crippen molar-refractivity contribution >= 4 is 17.5 Å². The summed E-state index contributed by atoms with van der Waals surface area (Å²) in [6, 6.07) is 3.51. The van der Waals surface area contributed by atoms with E-state index in [0.717, 1.165) is 52.0 Å². The Kier molecular flexibility index (Phi) is 5.99. The number of anilines is 1. The number of amides is 2. The molecule has 0 spiro atoms. The van der Waals surface area contributed by atoms with Gasteiger partial charge in [-0.3, -0.25) is 19.5 Å². The largest absolute Gasteiger partial charge is 0.379 e. The summed E-state index contributed by atoms with van der Waals surface area (Å²) in [5.74, 6) is -0.303. The van der Waals surface area contributed by atoms with Crippen LogP contribution in [0.5, 0.6) is 0 Å². The zero-order valence-corrected chi connectivity index (χ0v) is 14.5. The monoisotopic (exact) mass is 346 g/mol. The van der Waals surface area contributed by atoms with E-state index in [-0.39, 0.29) is 23.9 Å². The molecule has 2 amide bonds. The van der Waals surface area contributed by atoms with Gasteiger partial charge >= 0.3 is 0 Å². The number of nitrogens with zero attached hydrogens (tertiary/aromatic N) is 2. The fourth-order valence-corrected chi connectivity index (χ4v) is 3.86. The number of hydrogen-bond acceptors (Lipinski definition) is 5. The number of carbonyl (C=O) groups excluding carboxylic acids is 2. The molecular weight excluding hydrogens is 320 g/mol. The van der Waals surface area contributed by atoms with Gasteiger partial charge in [-0.05, 0) is 25.0 Å². The molecule has 1 aromatic heterocycles. The van der Waals surface area contributed by atoms with Crippen molar-refractivity contribution in [2.75, 3.05) is 38.2 Å². The van der Waals surface area contributed by atoms with Crippen molar-refractivity contribution in [1.82, 2.24) is 15.2 Å². The molecule has 2 fully saturated rings. The Morgan fingerprint density at radius 2 is 1.96 bits per heavy atom. The maximum atomic E-state index is 12.4. The number of nitrogens with one attached hydrogen (secondary N) is 2. The van der Waals surface area contributed by atoms with Crippen LogP contribution in [0.25, 0.3) is 0 Å². The van der Waals surface area contributed by atoms with E-state index < -0.39 is 0 Å². The van der Waals surface area contributed by atoms with Crippen molar-refractivity contribution in [3.63, 3.8) is 0 Å². The minimum atomic E-state index is -0.242. The average molecular weight is 346 g/mol. The van der Waals surface area contributed by atoms with Crippen LogP contribution in [0.2, 0.25) is 0 Å². The van der Waals surface area contributed by atoms with Crippen LogP contribution in [-0.2, 0) is 14.3 Å². The predicted octanol–water partition coefficient (Wildman–Crippen LogP) is 1.17. The molecule has 3 rings (SSSR count). The highest BCUT2D eigenvalue weighted by molar-refractivity contribution is 5.94. The molecule has 1 saturated heterocycles. The molecule has 136 valence electrons. The second-order valence-electron chi connectivity index (χ2n) is 6.77. The van der Waals surface area contributed by atoms with Crippen LogP contribution in [-0.4, -0.2) is 60.1 Å². The molecule has 1 aromatic rings. The molecule has 2 aliphatic rings. The number of pyridine rings is 1. The van der Waals surface area contributed by atoms with E-state index in [1.165, 1.54) is 0 Å². The first-order valence-electron chi connectivity index (χ1n) is 8.97. The second kappa shape index (κ2) is 8.40. The summed E-state index contributed by atoms with van der Waals surface area (Å²) in [7, 11) is 0. The summed E-state index contributed by atoms with van der Waals surface area (Å²) in [4.78, 5) is 30.8. The molecule has 0 unspecified atom stereocenters. The van der Waals surface area contributed by atoms with E-state index in [9.17, 15) is 9.59 Å². The lowest BCUT2D eigenvalue weighted by Gasteiger charge is -2.43. The van der Waals surface area contributed by atoms with Crippen LogP contribution < -0.4 is 10.6 Å². The Hall–Kier alpha value is -1.99. The first kappa shape index (κ1) is 17.8. The quantitative estimate of drug-likeness (QED) is 0.808. The molecule has 2 heterocycles. The third-order valence-corrected chi connectivity index (χ3v) is 5.10. The Morgan fingerprint density at radius 1 is 1.20 bits per heavy atom. The van der Waals surface area contributed by atoms with Crippen LogP contribution in [0.15, 0.2) is 24.5 Å². The highest BCUT2D eigenvalue weighted by Crippen LogP contribution is 2.38. The Balaban J connectivity index is 1.49. The molecular formula is C18H26N4O3. The lowest BCUT2D eigenvalue weighted by molar-refractivity contribution is -0.127. The predicted molar refractivity (Wildman–Crippen MR) is 94.1 cm³/mol. The van der Waals surface area contributed by atoms with E-state index >= 15 is 0 Å². The molecule has 1 aliphatic heterocycles. The van der Waals surface area contributed by atoms with Crippen LogP contribution in [0.3, 0.4) is 0 Å². The molecule has 0 radical (unpaired) electrons. The van der Waals surface area contributed by atoms with Crippen LogP contribution in [0, 0.1) is 0 Å². The molecule has 1 aliphatic carbocycles. The lowest BCUT2D eigenvalue weighted by Crippen LogP contribution is -2.54. The number of hydrogen-bond donors (Lipinski definition) is 2. The van der Waals surface area contributed by atoms with Gasteiger partial charge in [0.2, 0.25) is 11.8 Å². The maximum Gasteiger partial charge on any atom is 0.243 e. The molecule has 0 aromatic carbocycles. The first-order chi connectivity index (χ1) is 12.2. The van der Waals surface area contributed by atoms with E-state index in [1.54, 1.807) is 24.5 Å². The number of aromatic nitrogens is 1. The zero-order chi connectivity index (χ0) is 17.5. The van der Waals surface area contributed by atoms with Crippen molar-refractivity contribution in [3.8, 4) is 0 Å². The SMILES string of the molecule is O=C(CC1(N2CCOCC2)CCCC1)NCC(=O)Nc1cccnc1. The third-order valence-electron chi connectivity index (χ3n) is 5.10. The highest BCUT2D eigenvalue weighted by atomic mass is 16.5. The standard InChI is InChI=1S/C18H26N4O3/c23-16(20-14-17(24)21-15-4-3-7-19-13-15)12-18(5-1-2-6-18)22-8-10-25-11-9-22/h3-4,7,13H,1-2,5-6,8-12,14H2,(H,20,23)(H,21,24). The Morgan fingerprint density at radius 3 is 2.64 bits per heavy atom. The molecule has 0 bridgehead atoms. The number of ether oxygens (including phenoxy) is 1. The molecule has 7 nitrogen and oxygen atoms in total. The summed E-state index contributed by atoms with van der Waals surface area (Å²) < 4.78 is 5.44. The topological polar surface area (TPSA) is 83.6 Å². The average Bonchev–Trinajstić information content (AvgIpc) is 3.11. The highest BCUT2D eigenvalue weighted by Gasteiger charge is 2.41. The fourth-order valence-electron chi connectivity index (χ4n) is 3.86. The van der Waals surface area contributed by atoms with Gasteiger partial charge in [0, 0.05) is 31.2 Å². The van der Waals surface area contributed by atoms with Gasteiger partial charge in [-0.1, -0.05) is 12.8 Å². The lowest BCUT2D eigenvalue weighted by atomic mass is 9.90. The molecule has 1 saturated carbocycles. The van der Waals surface area contributed by atoms with Gasteiger partial charge in [0.15, 0.2) is 0 Å². The first-order valence-corrected chi connectivity index (χ1v) is 8.97. The van der Waals surface area contributed by atoms with Gasteiger partial charge < -0.3 is 15.4 Å². The summed E-state index contributed by atoms with van der Waals surface area (Å²) >= 11 is 0. The maximum absolute atomic E-state index is 12.4. The smallest absolute Gasteiger partial charge is 0.243 e. The summed E-state index contributed by atoms with van der Waals surface area (Å²) in [5, 5.41) is 5.48. The van der Waals surface area contributed by atoms with Gasteiger partial charge in [-0.15, -0.1) is 0 Å². The third kappa shape index (κ3) is 4.76. The van der Waals surface area contributed by atoms with Gasteiger partial charge in [0.25, 0.3) is 0 Å². The van der Waals surface area contributed by atoms with Crippen molar-refractivity contribution < 1.29 is 14.3 Å². The van der Waals surface area contributed by atoms with Gasteiger partial charge in [-0.2, -0.15) is 0 Å². The minimum absolute atomic E-state index is 0.0209. The van der Waals surface area contributed by atoms with E-state index in [2.05, 4.69) is 20.5 Å². The van der Waals surface area contributed by atoms with Crippen molar-refractivity contribution in [2.24, 2.45) is 0 Å². The van der Waals surface area contributed by atoms with E-state index in [0.29, 0.717) is 12.1 Å². The number of rotatable bonds is 6. The number of morpholine rings is 1. The molecule has 0 atom stereocenters. The van der Waals surface area contributed by atoms with Crippen molar-refractivity contribution in [3.05, 3.63) is 24.5 Å². The Labute approximate surface area is 148 Å². The summed E-state index contributed by atoms with van der Waals surface area (Å²) in [5.41, 5.74) is 0.565. The van der Waals surface area contributed by atoms with Gasteiger partial charge in [0.05, 0.1) is 31.6 Å². The zero-order valence-electron chi connectivity index (χ0n) is 14.5. The van der Waals surface area contributed by atoms with E-state index in [1.807, 2.05) is 0 Å². The fraction of sp³-hybridized carbons (Fsp3) is 0.611. The Bertz CT molecular complexity index is 581. The van der Waals surface area contributed by atoms with Crippen LogP contribution >= 0.6 is 0 Å². The van der Waals surface area contributed by atoms with Gasteiger partial charge in [-0.25, -0.2) is 0 Å². The second-order valence-corrected chi connectivity index (χ2v) is 6.77. The van der Waals surface area contributed by atoms with Gasteiger partial charge in [0.1, 0.15) is 0 Å². The van der Waals surface area contributed by atoms with Crippen LogP contribution in [0.1, 0.15) is 32.1 Å².